The van der Waals surface area contributed by atoms with Crippen LogP contribution in [-0.2, 0) is 10.8 Å². The van der Waals surface area contributed by atoms with Crippen molar-refractivity contribution in [1.82, 2.24) is 0 Å². The van der Waals surface area contributed by atoms with Gasteiger partial charge in [0.25, 0.3) is 0 Å². The summed E-state index contributed by atoms with van der Waals surface area (Å²) in [5.74, 6) is 0. The minimum atomic E-state index is -0.536. The van der Waals surface area contributed by atoms with Crippen LogP contribution in [0.25, 0.3) is 66.4 Å². The van der Waals surface area contributed by atoms with Gasteiger partial charge in [0, 0.05) is 22.4 Å². The first-order valence-electron chi connectivity index (χ1n) is 22.2. The Morgan fingerprint density at radius 2 is 0.873 bits per heavy atom. The highest BCUT2D eigenvalue weighted by Gasteiger charge is 2.53. The Labute approximate surface area is 369 Å². The van der Waals surface area contributed by atoms with Crippen LogP contribution in [0, 0.1) is 0 Å². The summed E-state index contributed by atoms with van der Waals surface area (Å²) < 4.78 is 0. The van der Waals surface area contributed by atoms with Crippen LogP contribution < -0.4 is 4.90 Å². The molecule has 0 aromatic heterocycles. The molecule has 63 heavy (non-hydrogen) atoms. The maximum absolute atomic E-state index is 2.53. The highest BCUT2D eigenvalue weighted by molar-refractivity contribution is 6.08. The number of nitrogens with zero attached hydrogens (tertiary/aromatic N) is 1. The van der Waals surface area contributed by atoms with Gasteiger partial charge < -0.3 is 4.90 Å². The van der Waals surface area contributed by atoms with Gasteiger partial charge in [-0.15, -0.1) is 0 Å². The molecule has 0 heterocycles. The quantitative estimate of drug-likeness (QED) is 0.168. The molecule has 3 aliphatic rings. The average molecular weight is 802 g/mol. The largest absolute Gasteiger partial charge is 0.310 e. The summed E-state index contributed by atoms with van der Waals surface area (Å²) in [4.78, 5) is 2.53. The normalized spacial score (nSPS) is 15.7. The van der Waals surface area contributed by atoms with Crippen LogP contribution in [0.2, 0.25) is 0 Å². The van der Waals surface area contributed by atoms with E-state index >= 15 is 0 Å². The molecule has 0 bridgehead atoms. The van der Waals surface area contributed by atoms with Crippen molar-refractivity contribution in [2.24, 2.45) is 0 Å². The van der Waals surface area contributed by atoms with Gasteiger partial charge in [0.2, 0.25) is 0 Å². The predicted molar refractivity (Wildman–Crippen MR) is 263 cm³/mol. The first-order chi connectivity index (χ1) is 31.0. The Balaban J connectivity index is 1.11. The Morgan fingerprint density at radius 1 is 0.317 bits per heavy atom. The van der Waals surface area contributed by atoms with Crippen LogP contribution in [0.15, 0.2) is 224 Å². The molecule has 1 spiro atoms. The third kappa shape index (κ3) is 4.99. The van der Waals surface area contributed by atoms with E-state index in [-0.39, 0.29) is 5.41 Å². The molecule has 1 heteroatoms. The zero-order chi connectivity index (χ0) is 41.9. The molecule has 296 valence electrons. The van der Waals surface area contributed by atoms with Crippen molar-refractivity contribution >= 4 is 27.8 Å². The molecule has 0 N–H and O–H groups in total. The smallest absolute Gasteiger partial charge is 0.0726 e. The van der Waals surface area contributed by atoms with E-state index in [4.69, 9.17) is 0 Å². The summed E-state index contributed by atoms with van der Waals surface area (Å²) in [6.45, 7) is 4.76. The van der Waals surface area contributed by atoms with E-state index in [1.165, 1.54) is 105 Å². The van der Waals surface area contributed by atoms with Crippen LogP contribution in [0.3, 0.4) is 0 Å². The zero-order valence-electron chi connectivity index (χ0n) is 35.3. The second-order valence-electron chi connectivity index (χ2n) is 18.0. The fourth-order valence-corrected chi connectivity index (χ4v) is 11.7. The van der Waals surface area contributed by atoms with Crippen LogP contribution in [0.1, 0.15) is 47.2 Å². The Bertz CT molecular complexity index is 3470. The summed E-state index contributed by atoms with van der Waals surface area (Å²) >= 11 is 0. The van der Waals surface area contributed by atoms with Gasteiger partial charge in [-0.1, -0.05) is 202 Å². The van der Waals surface area contributed by atoms with Crippen LogP contribution >= 0.6 is 0 Å². The zero-order valence-corrected chi connectivity index (χ0v) is 35.3. The number of benzene rings is 10. The second kappa shape index (κ2) is 13.4. The van der Waals surface area contributed by atoms with Gasteiger partial charge >= 0.3 is 0 Å². The Kier molecular flexibility index (Phi) is 7.64. The lowest BCUT2D eigenvalue weighted by Gasteiger charge is -2.32. The lowest BCUT2D eigenvalue weighted by Crippen LogP contribution is -2.26. The fourth-order valence-electron chi connectivity index (χ4n) is 11.7. The predicted octanol–water partition coefficient (Wildman–Crippen LogP) is 16.3. The van der Waals surface area contributed by atoms with Crippen molar-refractivity contribution in [2.45, 2.75) is 24.7 Å². The maximum Gasteiger partial charge on any atom is 0.0726 e. The third-order valence-corrected chi connectivity index (χ3v) is 14.5. The first kappa shape index (κ1) is 36.0. The van der Waals surface area contributed by atoms with Crippen LogP contribution in [0.4, 0.5) is 17.1 Å². The molecular formula is C62H43N. The third-order valence-electron chi connectivity index (χ3n) is 14.5. The monoisotopic (exact) mass is 801 g/mol. The summed E-state index contributed by atoms with van der Waals surface area (Å²) in [6, 6.07) is 84.1. The molecule has 0 fully saturated rings. The molecule has 10 aromatic rings. The molecule has 1 unspecified atom stereocenters. The SMILES string of the molecule is CC1(C)c2ccccc2-c2ccc(N(c3ccc(-c4ccccc4)cc3)c3cccc4c3-c3ccc(-c5ccccc5)cc3C43c4ccccc4-c4c3ccc3ccccc43)cc21. The number of fused-ring (bicyclic) bond motifs is 15. The molecule has 1 nitrogen and oxygen atoms in total. The molecule has 3 aliphatic carbocycles. The van der Waals surface area contributed by atoms with Crippen molar-refractivity contribution in [3.05, 3.63) is 258 Å². The van der Waals surface area contributed by atoms with E-state index in [1.54, 1.807) is 0 Å². The maximum atomic E-state index is 2.53. The molecular weight excluding hydrogens is 759 g/mol. The molecule has 0 saturated carbocycles. The van der Waals surface area contributed by atoms with Crippen LogP contribution in [0.5, 0.6) is 0 Å². The number of rotatable bonds is 5. The van der Waals surface area contributed by atoms with Gasteiger partial charge in [0.15, 0.2) is 0 Å². The highest BCUT2D eigenvalue weighted by atomic mass is 15.1. The lowest BCUT2D eigenvalue weighted by atomic mass is 9.70. The number of hydrogen-bond donors (Lipinski definition) is 0. The number of anilines is 3. The van der Waals surface area contributed by atoms with Gasteiger partial charge in [-0.25, -0.2) is 0 Å². The van der Waals surface area contributed by atoms with Crippen LogP contribution in [-0.4, -0.2) is 0 Å². The summed E-state index contributed by atoms with van der Waals surface area (Å²) in [6.07, 6.45) is 0. The van der Waals surface area contributed by atoms with E-state index in [0.717, 1.165) is 11.4 Å². The summed E-state index contributed by atoms with van der Waals surface area (Å²) in [5, 5.41) is 2.56. The Hall–Kier alpha value is -7.74. The minimum Gasteiger partial charge on any atom is -0.310 e. The first-order valence-corrected chi connectivity index (χ1v) is 22.2. The summed E-state index contributed by atoms with van der Waals surface area (Å²) in [7, 11) is 0. The van der Waals surface area contributed by atoms with Crippen molar-refractivity contribution in [3.63, 3.8) is 0 Å². The highest BCUT2D eigenvalue weighted by Crippen LogP contribution is 2.66. The van der Waals surface area contributed by atoms with Gasteiger partial charge in [-0.05, 0) is 131 Å². The topological polar surface area (TPSA) is 3.24 Å². The molecule has 13 rings (SSSR count). The lowest BCUT2D eigenvalue weighted by molar-refractivity contribution is 0.660. The second-order valence-corrected chi connectivity index (χ2v) is 18.0. The van der Waals surface area contributed by atoms with Gasteiger partial charge in [0.1, 0.15) is 0 Å². The standard InChI is InChI=1S/C62H43N/c1-61(2)52-24-13-11-22-48(52)49-36-34-46(39-56(49)61)63(45-32-28-42(29-33-45)40-16-5-3-6-17-40)58-27-15-26-54-60(58)51-35-30-44(41-18-7-4-8-19-41)38-57(51)62(54)53-25-14-12-23-50(53)59-47-21-10-9-20-43(47)31-37-55(59)62/h3-39H,1-2H3. The van der Waals surface area contributed by atoms with E-state index < -0.39 is 5.41 Å². The molecule has 0 aliphatic heterocycles. The molecule has 10 aromatic carbocycles. The molecule has 0 radical (unpaired) electrons. The van der Waals surface area contributed by atoms with E-state index in [1.807, 2.05) is 0 Å². The van der Waals surface area contributed by atoms with E-state index in [9.17, 15) is 0 Å². The van der Waals surface area contributed by atoms with Crippen molar-refractivity contribution in [2.75, 3.05) is 4.90 Å². The van der Waals surface area contributed by atoms with Crippen molar-refractivity contribution in [1.29, 1.82) is 0 Å². The van der Waals surface area contributed by atoms with Gasteiger partial charge in [-0.3, -0.25) is 0 Å². The van der Waals surface area contributed by atoms with Gasteiger partial charge in [-0.2, -0.15) is 0 Å². The minimum absolute atomic E-state index is 0.145. The number of hydrogen-bond acceptors (Lipinski definition) is 1. The fraction of sp³-hybridized carbons (Fsp3) is 0.0645. The van der Waals surface area contributed by atoms with E-state index in [2.05, 4.69) is 243 Å². The van der Waals surface area contributed by atoms with Gasteiger partial charge in [0.05, 0.1) is 11.1 Å². The molecule has 0 amide bonds. The molecule has 1 atom stereocenters. The van der Waals surface area contributed by atoms with E-state index in [0.29, 0.717) is 0 Å². The van der Waals surface area contributed by atoms with Crippen molar-refractivity contribution < 1.29 is 0 Å². The Morgan fingerprint density at radius 3 is 1.67 bits per heavy atom. The van der Waals surface area contributed by atoms with Crippen molar-refractivity contribution in [3.8, 4) is 55.6 Å². The molecule has 0 saturated heterocycles. The summed E-state index contributed by atoms with van der Waals surface area (Å²) in [5.41, 5.74) is 23.6. The average Bonchev–Trinajstić information content (AvgIpc) is 3.91.